The first-order chi connectivity index (χ1) is 16.4. The Hall–Kier alpha value is -3.14. The molecule has 34 heavy (non-hydrogen) atoms. The SMILES string of the molecule is Cc1ccc(C(=O)NCCc2nnc3ccc(SCC(=O)Nc4ccc(Cl)c(Cl)c4)nn23)cc1. The maximum atomic E-state index is 12.3. The summed E-state index contributed by atoms with van der Waals surface area (Å²) in [6.45, 7) is 2.36. The number of aromatic nitrogens is 4. The van der Waals surface area contributed by atoms with E-state index >= 15 is 0 Å². The molecule has 0 fully saturated rings. The zero-order valence-electron chi connectivity index (χ0n) is 18.1. The number of hydrogen-bond donors (Lipinski definition) is 2. The Morgan fingerprint density at radius 1 is 1.00 bits per heavy atom. The number of halogens is 2. The molecule has 0 spiro atoms. The summed E-state index contributed by atoms with van der Waals surface area (Å²) >= 11 is 13.2. The molecule has 0 bridgehead atoms. The summed E-state index contributed by atoms with van der Waals surface area (Å²) in [5.74, 6) is 0.420. The predicted octanol–water partition coefficient (Wildman–Crippen LogP) is 4.44. The molecule has 0 radical (unpaired) electrons. The third-order valence-corrected chi connectivity index (χ3v) is 6.46. The summed E-state index contributed by atoms with van der Waals surface area (Å²) in [5, 5.41) is 19.9. The number of thioether (sulfide) groups is 1. The van der Waals surface area contributed by atoms with Crippen molar-refractivity contribution in [1.82, 2.24) is 25.1 Å². The van der Waals surface area contributed by atoms with Gasteiger partial charge < -0.3 is 10.6 Å². The summed E-state index contributed by atoms with van der Waals surface area (Å²) in [7, 11) is 0. The number of anilines is 1. The average Bonchev–Trinajstić information content (AvgIpc) is 3.23. The first kappa shape index (κ1) is 24.0. The number of carbonyl (C=O) groups is 2. The van der Waals surface area contributed by atoms with E-state index in [-0.39, 0.29) is 17.6 Å². The highest BCUT2D eigenvalue weighted by Gasteiger charge is 2.11. The highest BCUT2D eigenvalue weighted by atomic mass is 35.5. The molecule has 2 heterocycles. The maximum Gasteiger partial charge on any atom is 0.251 e. The minimum absolute atomic E-state index is 0.147. The third kappa shape index (κ3) is 6.05. The Bertz CT molecular complexity index is 1340. The quantitative estimate of drug-likeness (QED) is 0.337. The molecule has 8 nitrogen and oxygen atoms in total. The van der Waals surface area contributed by atoms with E-state index in [1.165, 1.54) is 11.8 Å². The lowest BCUT2D eigenvalue weighted by Gasteiger charge is -2.07. The van der Waals surface area contributed by atoms with E-state index in [2.05, 4.69) is 25.9 Å². The monoisotopic (exact) mass is 514 g/mol. The van der Waals surface area contributed by atoms with Crippen LogP contribution in [0, 0.1) is 6.92 Å². The lowest BCUT2D eigenvalue weighted by atomic mass is 10.1. The van der Waals surface area contributed by atoms with Crippen molar-refractivity contribution in [3.05, 3.63) is 81.6 Å². The van der Waals surface area contributed by atoms with Crippen molar-refractivity contribution in [3.8, 4) is 0 Å². The molecule has 0 aliphatic carbocycles. The molecule has 0 aliphatic heterocycles. The summed E-state index contributed by atoms with van der Waals surface area (Å²) in [6.07, 6.45) is 0.456. The van der Waals surface area contributed by atoms with Crippen LogP contribution in [0.3, 0.4) is 0 Å². The number of hydrogen-bond acceptors (Lipinski definition) is 6. The van der Waals surface area contributed by atoms with E-state index < -0.39 is 0 Å². The van der Waals surface area contributed by atoms with Gasteiger partial charge in [0, 0.05) is 24.2 Å². The zero-order chi connectivity index (χ0) is 24.1. The first-order valence-electron chi connectivity index (χ1n) is 10.3. The van der Waals surface area contributed by atoms with Gasteiger partial charge in [0.2, 0.25) is 5.91 Å². The van der Waals surface area contributed by atoms with Gasteiger partial charge in [-0.05, 0) is 49.4 Å². The van der Waals surface area contributed by atoms with Crippen LogP contribution in [-0.4, -0.2) is 43.9 Å². The van der Waals surface area contributed by atoms with Crippen LogP contribution in [0.5, 0.6) is 0 Å². The van der Waals surface area contributed by atoms with Crippen molar-refractivity contribution in [1.29, 1.82) is 0 Å². The van der Waals surface area contributed by atoms with Crippen LogP contribution in [0.4, 0.5) is 5.69 Å². The molecule has 2 aromatic carbocycles. The Morgan fingerprint density at radius 3 is 2.56 bits per heavy atom. The molecule has 11 heteroatoms. The normalized spacial score (nSPS) is 10.9. The molecule has 4 rings (SSSR count). The van der Waals surface area contributed by atoms with Crippen molar-refractivity contribution in [3.63, 3.8) is 0 Å². The van der Waals surface area contributed by atoms with Gasteiger partial charge in [-0.2, -0.15) is 9.61 Å². The van der Waals surface area contributed by atoms with Gasteiger partial charge in [-0.1, -0.05) is 52.7 Å². The Morgan fingerprint density at radius 2 is 1.79 bits per heavy atom. The Balaban J connectivity index is 1.33. The second-order valence-corrected chi connectivity index (χ2v) is 9.21. The fourth-order valence-corrected chi connectivity index (χ4v) is 4.01. The van der Waals surface area contributed by atoms with Gasteiger partial charge in [0.1, 0.15) is 5.03 Å². The highest BCUT2D eigenvalue weighted by molar-refractivity contribution is 7.99. The van der Waals surface area contributed by atoms with Gasteiger partial charge in [0.05, 0.1) is 15.8 Å². The van der Waals surface area contributed by atoms with E-state index in [4.69, 9.17) is 23.2 Å². The van der Waals surface area contributed by atoms with E-state index in [1.54, 1.807) is 47.0 Å². The van der Waals surface area contributed by atoms with Gasteiger partial charge in [-0.15, -0.1) is 10.2 Å². The molecule has 174 valence electrons. The average molecular weight is 515 g/mol. The van der Waals surface area contributed by atoms with E-state index in [0.29, 0.717) is 50.8 Å². The Kier molecular flexibility index (Phi) is 7.66. The minimum atomic E-state index is -0.201. The molecule has 0 atom stereocenters. The molecule has 0 unspecified atom stereocenters. The van der Waals surface area contributed by atoms with Crippen LogP contribution < -0.4 is 10.6 Å². The van der Waals surface area contributed by atoms with Crippen LogP contribution in [0.1, 0.15) is 21.7 Å². The van der Waals surface area contributed by atoms with Gasteiger partial charge >= 0.3 is 0 Å². The standard InChI is InChI=1S/C23H20Cl2N6O2S/c1-14-2-4-15(5-3-14)23(33)26-11-10-20-29-28-19-8-9-22(30-31(19)20)34-13-21(32)27-16-6-7-17(24)18(25)12-16/h2-9,12H,10-11,13H2,1H3,(H,26,33)(H,27,32). The molecule has 2 aromatic heterocycles. The number of nitrogens with zero attached hydrogens (tertiary/aromatic N) is 4. The molecule has 0 aliphatic rings. The molecule has 0 saturated carbocycles. The topological polar surface area (TPSA) is 101 Å². The zero-order valence-corrected chi connectivity index (χ0v) is 20.4. The summed E-state index contributed by atoms with van der Waals surface area (Å²) < 4.78 is 1.62. The number of rotatable bonds is 8. The van der Waals surface area contributed by atoms with Crippen molar-refractivity contribution in [2.75, 3.05) is 17.6 Å². The molecular weight excluding hydrogens is 495 g/mol. The van der Waals surface area contributed by atoms with Crippen LogP contribution in [0.25, 0.3) is 5.65 Å². The van der Waals surface area contributed by atoms with Gasteiger partial charge in [0.25, 0.3) is 5.91 Å². The highest BCUT2D eigenvalue weighted by Crippen LogP contribution is 2.25. The van der Waals surface area contributed by atoms with Crippen molar-refractivity contribution in [2.45, 2.75) is 18.4 Å². The fourth-order valence-electron chi connectivity index (χ4n) is 3.05. The van der Waals surface area contributed by atoms with Crippen LogP contribution >= 0.6 is 35.0 Å². The summed E-state index contributed by atoms with van der Waals surface area (Å²) in [4.78, 5) is 24.6. The second kappa shape index (κ2) is 10.9. The molecule has 4 aromatic rings. The molecule has 2 amide bonds. The fraction of sp³-hybridized carbons (Fsp3) is 0.174. The number of fused-ring (bicyclic) bond motifs is 1. The van der Waals surface area contributed by atoms with E-state index in [0.717, 1.165) is 5.56 Å². The van der Waals surface area contributed by atoms with Crippen LogP contribution in [0.15, 0.2) is 59.6 Å². The van der Waals surface area contributed by atoms with Gasteiger partial charge in [-0.25, -0.2) is 0 Å². The third-order valence-electron chi connectivity index (χ3n) is 4.81. The van der Waals surface area contributed by atoms with E-state index in [9.17, 15) is 9.59 Å². The van der Waals surface area contributed by atoms with Crippen molar-refractivity contribution in [2.24, 2.45) is 0 Å². The molecule has 0 saturated heterocycles. The smallest absolute Gasteiger partial charge is 0.251 e. The van der Waals surface area contributed by atoms with Gasteiger partial charge in [0.15, 0.2) is 11.5 Å². The second-order valence-electron chi connectivity index (χ2n) is 7.40. The lowest BCUT2D eigenvalue weighted by Crippen LogP contribution is -2.26. The number of benzene rings is 2. The molecule has 2 N–H and O–H groups in total. The van der Waals surface area contributed by atoms with Crippen LogP contribution in [-0.2, 0) is 11.2 Å². The van der Waals surface area contributed by atoms with E-state index in [1.807, 2.05) is 19.1 Å². The minimum Gasteiger partial charge on any atom is -0.352 e. The summed E-state index contributed by atoms with van der Waals surface area (Å²) in [6, 6.07) is 15.8. The maximum absolute atomic E-state index is 12.3. The number of carbonyl (C=O) groups excluding carboxylic acids is 2. The number of amides is 2. The van der Waals surface area contributed by atoms with Gasteiger partial charge in [-0.3, -0.25) is 9.59 Å². The summed E-state index contributed by atoms with van der Waals surface area (Å²) in [5.41, 5.74) is 2.85. The first-order valence-corrected chi connectivity index (χ1v) is 12.1. The predicted molar refractivity (Wildman–Crippen MR) is 134 cm³/mol. The number of nitrogens with one attached hydrogen (secondary N) is 2. The van der Waals surface area contributed by atoms with Crippen molar-refractivity contribution < 1.29 is 9.59 Å². The lowest BCUT2D eigenvalue weighted by molar-refractivity contribution is -0.113. The Labute approximate surface area is 210 Å². The van der Waals surface area contributed by atoms with Crippen LogP contribution in [0.2, 0.25) is 10.0 Å². The largest absolute Gasteiger partial charge is 0.352 e. The van der Waals surface area contributed by atoms with Crippen molar-refractivity contribution >= 4 is 58.1 Å². The molecular formula is C23H20Cl2N6O2S. The number of aryl methyl sites for hydroxylation is 1.